The fourth-order valence-corrected chi connectivity index (χ4v) is 1.44. The van der Waals surface area contributed by atoms with Gasteiger partial charge in [-0.05, 0) is 6.07 Å². The third kappa shape index (κ3) is 5.86. The van der Waals surface area contributed by atoms with Crippen molar-refractivity contribution in [2.75, 3.05) is 19.8 Å². The second-order valence-electron chi connectivity index (χ2n) is 4.35. The Labute approximate surface area is 119 Å². The molecule has 0 saturated heterocycles. The molecular formula is C13H17F4NO3. The summed E-state index contributed by atoms with van der Waals surface area (Å²) >= 11 is 0. The maximum atomic E-state index is 12.5. The fraction of sp³-hybridized carbons (Fsp3) is 0.538. The molecule has 0 aliphatic rings. The van der Waals surface area contributed by atoms with E-state index in [0.29, 0.717) is 5.75 Å². The number of para-hydroxylation sites is 1. The number of aliphatic hydroxyl groups excluding tert-OH is 1. The highest BCUT2D eigenvalue weighted by Crippen LogP contribution is 2.23. The van der Waals surface area contributed by atoms with Crippen molar-refractivity contribution >= 4 is 0 Å². The van der Waals surface area contributed by atoms with Gasteiger partial charge in [-0.3, -0.25) is 0 Å². The summed E-state index contributed by atoms with van der Waals surface area (Å²) in [5, 5.41) is 9.50. The van der Waals surface area contributed by atoms with Crippen LogP contribution in [0.5, 0.6) is 5.75 Å². The van der Waals surface area contributed by atoms with Crippen molar-refractivity contribution in [2.24, 2.45) is 5.73 Å². The van der Waals surface area contributed by atoms with Gasteiger partial charge < -0.3 is 20.3 Å². The molecule has 120 valence electrons. The zero-order valence-electron chi connectivity index (χ0n) is 11.1. The second kappa shape index (κ2) is 8.16. The molecule has 8 heteroatoms. The molecule has 0 bridgehead atoms. The third-order valence-corrected chi connectivity index (χ3v) is 2.55. The summed E-state index contributed by atoms with van der Waals surface area (Å²) in [5.41, 5.74) is 6.21. The number of nitrogens with two attached hydrogens (primary N) is 1. The Hall–Kier alpha value is -1.38. The molecule has 0 aliphatic heterocycles. The molecule has 0 amide bonds. The number of rotatable bonds is 9. The smallest absolute Gasteiger partial charge is 0.330 e. The Morgan fingerprint density at radius 3 is 2.48 bits per heavy atom. The molecule has 21 heavy (non-hydrogen) atoms. The lowest BCUT2D eigenvalue weighted by Gasteiger charge is -2.18. The summed E-state index contributed by atoms with van der Waals surface area (Å²) in [7, 11) is 0. The number of benzene rings is 1. The van der Waals surface area contributed by atoms with Gasteiger partial charge in [0, 0.05) is 12.1 Å². The molecule has 1 aromatic rings. The summed E-state index contributed by atoms with van der Waals surface area (Å²) in [5.74, 6) is -3.77. The van der Waals surface area contributed by atoms with Gasteiger partial charge in [0.05, 0.1) is 6.61 Å². The predicted octanol–water partition coefficient (Wildman–Crippen LogP) is 1.80. The van der Waals surface area contributed by atoms with E-state index in [-0.39, 0.29) is 13.2 Å². The van der Waals surface area contributed by atoms with Crippen LogP contribution >= 0.6 is 0 Å². The number of halogens is 4. The fourth-order valence-electron chi connectivity index (χ4n) is 1.44. The van der Waals surface area contributed by atoms with E-state index in [1.54, 1.807) is 24.3 Å². The standard InChI is InChI=1S/C13H17F4NO3/c14-12(15)13(16,17)8-20-6-10(19)7-21-11-4-2-1-3-9(11)5-18/h1-4,10,12,19H,5-8,18H2. The molecule has 1 aromatic carbocycles. The second-order valence-corrected chi connectivity index (χ2v) is 4.35. The Bertz CT molecular complexity index is 432. The van der Waals surface area contributed by atoms with Gasteiger partial charge in [-0.25, -0.2) is 8.78 Å². The van der Waals surface area contributed by atoms with Crippen LogP contribution in [0.4, 0.5) is 17.6 Å². The van der Waals surface area contributed by atoms with Gasteiger partial charge in [-0.1, -0.05) is 18.2 Å². The molecule has 0 fully saturated rings. The Balaban J connectivity index is 2.33. The average molecular weight is 311 g/mol. The molecule has 0 aromatic heterocycles. The van der Waals surface area contributed by atoms with Crippen LogP contribution < -0.4 is 10.5 Å². The van der Waals surface area contributed by atoms with Crippen LogP contribution in [0.3, 0.4) is 0 Å². The van der Waals surface area contributed by atoms with E-state index in [1.165, 1.54) is 0 Å². The van der Waals surface area contributed by atoms with Gasteiger partial charge in [0.25, 0.3) is 0 Å². The summed E-state index contributed by atoms with van der Waals surface area (Å²) in [6.07, 6.45) is -5.02. The van der Waals surface area contributed by atoms with E-state index in [4.69, 9.17) is 10.5 Å². The summed E-state index contributed by atoms with van der Waals surface area (Å²) in [4.78, 5) is 0. The first-order valence-electron chi connectivity index (χ1n) is 6.19. The number of hydrogen-bond acceptors (Lipinski definition) is 4. The minimum atomic E-state index is -4.23. The van der Waals surface area contributed by atoms with E-state index < -0.39 is 31.7 Å². The van der Waals surface area contributed by atoms with Crippen LogP contribution in [0.15, 0.2) is 24.3 Å². The minimum Gasteiger partial charge on any atom is -0.490 e. The van der Waals surface area contributed by atoms with E-state index in [2.05, 4.69) is 4.74 Å². The Morgan fingerprint density at radius 2 is 1.86 bits per heavy atom. The van der Waals surface area contributed by atoms with E-state index in [9.17, 15) is 22.7 Å². The first-order valence-corrected chi connectivity index (χ1v) is 6.19. The maximum Gasteiger partial charge on any atom is 0.330 e. The molecule has 0 saturated carbocycles. The highest BCUT2D eigenvalue weighted by atomic mass is 19.3. The van der Waals surface area contributed by atoms with E-state index >= 15 is 0 Å². The van der Waals surface area contributed by atoms with Gasteiger partial charge in [0.1, 0.15) is 25.1 Å². The SMILES string of the molecule is NCc1ccccc1OCC(O)COCC(F)(F)C(F)F. The predicted molar refractivity (Wildman–Crippen MR) is 67.6 cm³/mol. The van der Waals surface area contributed by atoms with Gasteiger partial charge in [0.2, 0.25) is 0 Å². The van der Waals surface area contributed by atoms with Gasteiger partial charge >= 0.3 is 12.3 Å². The number of ether oxygens (including phenoxy) is 2. The minimum absolute atomic E-state index is 0.225. The number of hydrogen-bond donors (Lipinski definition) is 2. The van der Waals surface area contributed by atoms with Crippen LogP contribution in [0.1, 0.15) is 5.56 Å². The molecular weight excluding hydrogens is 294 g/mol. The molecule has 0 aliphatic carbocycles. The Morgan fingerprint density at radius 1 is 1.19 bits per heavy atom. The van der Waals surface area contributed by atoms with Crippen molar-refractivity contribution in [2.45, 2.75) is 25.0 Å². The molecule has 0 spiro atoms. The summed E-state index contributed by atoms with van der Waals surface area (Å²) in [6, 6.07) is 6.85. The topological polar surface area (TPSA) is 64.7 Å². The summed E-state index contributed by atoms with van der Waals surface area (Å²) in [6.45, 7) is -1.98. The highest BCUT2D eigenvalue weighted by molar-refractivity contribution is 5.32. The monoisotopic (exact) mass is 311 g/mol. The van der Waals surface area contributed by atoms with Crippen molar-refractivity contribution in [3.63, 3.8) is 0 Å². The van der Waals surface area contributed by atoms with Crippen molar-refractivity contribution in [1.29, 1.82) is 0 Å². The quantitative estimate of drug-likeness (QED) is 0.683. The lowest BCUT2D eigenvalue weighted by atomic mass is 10.2. The molecule has 0 heterocycles. The van der Waals surface area contributed by atoms with Crippen molar-refractivity contribution < 1.29 is 32.1 Å². The first-order chi connectivity index (χ1) is 9.86. The van der Waals surface area contributed by atoms with Gasteiger partial charge in [-0.2, -0.15) is 8.78 Å². The van der Waals surface area contributed by atoms with E-state index in [0.717, 1.165) is 5.56 Å². The van der Waals surface area contributed by atoms with E-state index in [1.807, 2.05) is 0 Å². The molecule has 1 rings (SSSR count). The number of aliphatic hydroxyl groups is 1. The first kappa shape index (κ1) is 17.7. The van der Waals surface area contributed by atoms with Gasteiger partial charge in [-0.15, -0.1) is 0 Å². The van der Waals surface area contributed by atoms with Crippen molar-refractivity contribution in [1.82, 2.24) is 0 Å². The highest BCUT2D eigenvalue weighted by Gasteiger charge is 2.41. The largest absolute Gasteiger partial charge is 0.490 e. The Kier molecular flexibility index (Phi) is 6.86. The number of alkyl halides is 4. The van der Waals surface area contributed by atoms with Crippen LogP contribution in [-0.4, -0.2) is 43.4 Å². The zero-order valence-corrected chi connectivity index (χ0v) is 11.1. The molecule has 1 atom stereocenters. The zero-order chi connectivity index (χ0) is 15.9. The van der Waals surface area contributed by atoms with Crippen LogP contribution in [0.25, 0.3) is 0 Å². The van der Waals surface area contributed by atoms with Crippen molar-refractivity contribution in [3.05, 3.63) is 29.8 Å². The lowest BCUT2D eigenvalue weighted by molar-refractivity contribution is -0.171. The van der Waals surface area contributed by atoms with Crippen molar-refractivity contribution in [3.8, 4) is 5.75 Å². The van der Waals surface area contributed by atoms with Crippen LogP contribution in [0, 0.1) is 0 Å². The van der Waals surface area contributed by atoms with Crippen LogP contribution in [-0.2, 0) is 11.3 Å². The summed E-state index contributed by atoms with van der Waals surface area (Å²) < 4.78 is 58.5. The molecule has 1 unspecified atom stereocenters. The molecule has 0 radical (unpaired) electrons. The molecule has 3 N–H and O–H groups in total. The average Bonchev–Trinajstić information content (AvgIpc) is 2.45. The van der Waals surface area contributed by atoms with Crippen LogP contribution in [0.2, 0.25) is 0 Å². The normalized spacial score (nSPS) is 13.5. The molecule has 4 nitrogen and oxygen atoms in total. The maximum absolute atomic E-state index is 12.5. The van der Waals surface area contributed by atoms with Gasteiger partial charge in [0.15, 0.2) is 0 Å². The third-order valence-electron chi connectivity index (χ3n) is 2.55. The lowest BCUT2D eigenvalue weighted by Crippen LogP contribution is -2.34.